The maximum absolute atomic E-state index is 13.0. The van der Waals surface area contributed by atoms with Crippen molar-refractivity contribution < 1.29 is 13.9 Å². The third-order valence-corrected chi connectivity index (χ3v) is 2.36. The molecule has 1 rings (SSSR count). The smallest absolute Gasteiger partial charge is 0.236 e. The van der Waals surface area contributed by atoms with Crippen molar-refractivity contribution in [3.63, 3.8) is 0 Å². The van der Waals surface area contributed by atoms with Crippen LogP contribution in [-0.4, -0.2) is 37.6 Å². The number of hydrogen-bond donors (Lipinski definition) is 1. The van der Waals surface area contributed by atoms with E-state index in [1.807, 2.05) is 0 Å². The Bertz CT molecular complexity index is 371. The Hall–Kier alpha value is -1.46. The lowest BCUT2D eigenvalue weighted by Gasteiger charge is -2.21. The lowest BCUT2D eigenvalue weighted by atomic mass is 10.2. The van der Waals surface area contributed by atoms with E-state index in [9.17, 15) is 9.18 Å². The summed E-state index contributed by atoms with van der Waals surface area (Å²) in [6.45, 7) is 1.17. The molecule has 0 bridgehead atoms. The second-order valence-electron chi connectivity index (χ2n) is 3.64. The second-order valence-corrected chi connectivity index (χ2v) is 3.64. The molecule has 0 aliphatic rings. The molecule has 5 heteroatoms. The summed E-state index contributed by atoms with van der Waals surface area (Å²) in [5, 5.41) is 0. The maximum Gasteiger partial charge on any atom is 0.236 e. The zero-order valence-corrected chi connectivity index (χ0v) is 9.86. The van der Waals surface area contributed by atoms with Crippen LogP contribution >= 0.6 is 0 Å². The first kappa shape index (κ1) is 13.6. The largest absolute Gasteiger partial charge is 0.383 e. The summed E-state index contributed by atoms with van der Waals surface area (Å²) in [5.74, 6) is -0.485. The molecule has 0 aliphatic heterocycles. The van der Waals surface area contributed by atoms with Crippen molar-refractivity contribution in [2.24, 2.45) is 5.73 Å². The first-order valence-electron chi connectivity index (χ1n) is 5.38. The van der Waals surface area contributed by atoms with Crippen LogP contribution < -0.4 is 5.73 Å². The fourth-order valence-corrected chi connectivity index (χ4v) is 1.48. The minimum absolute atomic E-state index is 0.0565. The summed E-state index contributed by atoms with van der Waals surface area (Å²) in [6.07, 6.45) is 0. The van der Waals surface area contributed by atoms with Gasteiger partial charge < -0.3 is 15.4 Å². The van der Waals surface area contributed by atoms with Gasteiger partial charge in [-0.15, -0.1) is 0 Å². The number of hydrogen-bond acceptors (Lipinski definition) is 3. The fourth-order valence-electron chi connectivity index (χ4n) is 1.48. The van der Waals surface area contributed by atoms with E-state index in [1.54, 1.807) is 24.1 Å². The normalized spacial score (nSPS) is 10.3. The van der Waals surface area contributed by atoms with Crippen molar-refractivity contribution in [3.8, 4) is 0 Å². The van der Waals surface area contributed by atoms with Crippen LogP contribution in [0.25, 0.3) is 0 Å². The summed E-state index contributed by atoms with van der Waals surface area (Å²) in [4.78, 5) is 13.1. The standard InChI is InChI=1S/C12H17FN2O2/c1-17-6-5-15(12(16)8-14)9-10-3-2-4-11(13)7-10/h2-4,7H,5-6,8-9,14H2,1H3. The summed E-state index contributed by atoms with van der Waals surface area (Å²) in [5.41, 5.74) is 6.06. The molecule has 0 radical (unpaired) electrons. The van der Waals surface area contributed by atoms with Gasteiger partial charge in [-0.25, -0.2) is 4.39 Å². The van der Waals surface area contributed by atoms with Crippen LogP contribution in [0.15, 0.2) is 24.3 Å². The van der Waals surface area contributed by atoms with Crippen molar-refractivity contribution in [2.75, 3.05) is 26.8 Å². The van der Waals surface area contributed by atoms with E-state index in [-0.39, 0.29) is 18.3 Å². The van der Waals surface area contributed by atoms with E-state index in [4.69, 9.17) is 10.5 Å². The topological polar surface area (TPSA) is 55.6 Å². The number of halogens is 1. The molecule has 0 unspecified atom stereocenters. The lowest BCUT2D eigenvalue weighted by molar-refractivity contribution is -0.130. The molecular weight excluding hydrogens is 223 g/mol. The van der Waals surface area contributed by atoms with Gasteiger partial charge >= 0.3 is 0 Å². The average Bonchev–Trinajstić information content (AvgIpc) is 2.33. The van der Waals surface area contributed by atoms with E-state index < -0.39 is 0 Å². The molecule has 0 saturated heterocycles. The van der Waals surface area contributed by atoms with Crippen molar-refractivity contribution >= 4 is 5.91 Å². The molecule has 0 aliphatic carbocycles. The Morgan fingerprint density at radius 2 is 2.29 bits per heavy atom. The first-order chi connectivity index (χ1) is 8.17. The minimum atomic E-state index is -0.311. The van der Waals surface area contributed by atoms with Gasteiger partial charge in [0.15, 0.2) is 0 Å². The van der Waals surface area contributed by atoms with Gasteiger partial charge in [-0.3, -0.25) is 4.79 Å². The van der Waals surface area contributed by atoms with Crippen LogP contribution in [0.2, 0.25) is 0 Å². The van der Waals surface area contributed by atoms with Gasteiger partial charge in [0.2, 0.25) is 5.91 Å². The van der Waals surface area contributed by atoms with Crippen molar-refractivity contribution in [3.05, 3.63) is 35.6 Å². The predicted molar refractivity (Wildman–Crippen MR) is 62.7 cm³/mol. The number of methoxy groups -OCH3 is 1. The van der Waals surface area contributed by atoms with Crippen LogP contribution in [0, 0.1) is 5.82 Å². The van der Waals surface area contributed by atoms with E-state index >= 15 is 0 Å². The lowest BCUT2D eigenvalue weighted by Crippen LogP contribution is -2.37. The minimum Gasteiger partial charge on any atom is -0.383 e. The number of ether oxygens (including phenoxy) is 1. The Balaban J connectivity index is 2.68. The Labute approximate surface area is 100 Å². The molecule has 2 N–H and O–H groups in total. The maximum atomic E-state index is 13.0. The molecule has 0 heterocycles. The highest BCUT2D eigenvalue weighted by atomic mass is 19.1. The number of rotatable bonds is 6. The average molecular weight is 240 g/mol. The van der Waals surface area contributed by atoms with E-state index in [0.717, 1.165) is 5.56 Å². The molecule has 0 spiro atoms. The molecule has 1 amide bonds. The third-order valence-electron chi connectivity index (χ3n) is 2.36. The quantitative estimate of drug-likeness (QED) is 0.798. The van der Waals surface area contributed by atoms with E-state index in [2.05, 4.69) is 0 Å². The molecule has 0 saturated carbocycles. The molecule has 4 nitrogen and oxygen atoms in total. The highest BCUT2D eigenvalue weighted by molar-refractivity contribution is 5.78. The van der Waals surface area contributed by atoms with Crippen LogP contribution in [-0.2, 0) is 16.1 Å². The van der Waals surface area contributed by atoms with Gasteiger partial charge in [0, 0.05) is 20.2 Å². The summed E-state index contributed by atoms with van der Waals surface area (Å²) >= 11 is 0. The van der Waals surface area contributed by atoms with E-state index in [0.29, 0.717) is 19.7 Å². The summed E-state index contributed by atoms with van der Waals surface area (Å²) in [6, 6.07) is 6.16. The third kappa shape index (κ3) is 4.50. The van der Waals surface area contributed by atoms with Crippen LogP contribution in [0.5, 0.6) is 0 Å². The highest BCUT2D eigenvalue weighted by Gasteiger charge is 2.12. The van der Waals surface area contributed by atoms with Gasteiger partial charge in [0.25, 0.3) is 0 Å². The number of carbonyl (C=O) groups excluding carboxylic acids is 1. The number of carbonyl (C=O) groups is 1. The molecule has 0 fully saturated rings. The van der Waals surface area contributed by atoms with Crippen LogP contribution in [0.3, 0.4) is 0 Å². The zero-order valence-electron chi connectivity index (χ0n) is 9.86. The molecular formula is C12H17FN2O2. The number of benzene rings is 1. The Morgan fingerprint density at radius 3 is 2.88 bits per heavy atom. The Kier molecular flexibility index (Phi) is 5.59. The molecule has 1 aromatic rings. The molecule has 0 atom stereocenters. The Morgan fingerprint density at radius 1 is 1.53 bits per heavy atom. The van der Waals surface area contributed by atoms with Gasteiger partial charge in [0.05, 0.1) is 13.2 Å². The molecule has 94 valence electrons. The van der Waals surface area contributed by atoms with Crippen molar-refractivity contribution in [1.82, 2.24) is 4.90 Å². The van der Waals surface area contributed by atoms with Crippen molar-refractivity contribution in [2.45, 2.75) is 6.54 Å². The monoisotopic (exact) mass is 240 g/mol. The summed E-state index contributed by atoms with van der Waals surface area (Å²) < 4.78 is 17.9. The second kappa shape index (κ2) is 6.98. The van der Waals surface area contributed by atoms with Gasteiger partial charge in [-0.05, 0) is 17.7 Å². The highest BCUT2D eigenvalue weighted by Crippen LogP contribution is 2.07. The predicted octanol–water partition coefficient (Wildman–Crippen LogP) is 0.759. The summed E-state index contributed by atoms with van der Waals surface area (Å²) in [7, 11) is 1.56. The molecule has 0 aromatic heterocycles. The first-order valence-corrected chi connectivity index (χ1v) is 5.38. The van der Waals surface area contributed by atoms with Crippen LogP contribution in [0.1, 0.15) is 5.56 Å². The van der Waals surface area contributed by atoms with E-state index in [1.165, 1.54) is 12.1 Å². The SMILES string of the molecule is COCCN(Cc1cccc(F)c1)C(=O)CN. The van der Waals surface area contributed by atoms with Gasteiger partial charge in [-0.2, -0.15) is 0 Å². The van der Waals surface area contributed by atoms with Crippen molar-refractivity contribution in [1.29, 1.82) is 0 Å². The molecule has 17 heavy (non-hydrogen) atoms. The van der Waals surface area contributed by atoms with Crippen LogP contribution in [0.4, 0.5) is 4.39 Å². The number of nitrogens with zero attached hydrogens (tertiary/aromatic N) is 1. The number of nitrogens with two attached hydrogens (primary N) is 1. The van der Waals surface area contributed by atoms with Gasteiger partial charge in [0.1, 0.15) is 5.82 Å². The number of amides is 1. The fraction of sp³-hybridized carbons (Fsp3) is 0.417. The zero-order chi connectivity index (χ0) is 12.7. The van der Waals surface area contributed by atoms with Gasteiger partial charge in [-0.1, -0.05) is 12.1 Å². The molecule has 1 aromatic carbocycles.